The molecule has 1 aliphatic rings. The number of carbonyl (C=O) groups excluding carboxylic acids is 1. The molecule has 1 aliphatic carbocycles. The van der Waals surface area contributed by atoms with Crippen molar-refractivity contribution in [3.05, 3.63) is 27.7 Å². The molecule has 0 heterocycles. The van der Waals surface area contributed by atoms with Crippen molar-refractivity contribution in [3.63, 3.8) is 0 Å². The van der Waals surface area contributed by atoms with Gasteiger partial charge in [-0.15, -0.1) is 0 Å². The van der Waals surface area contributed by atoms with Gasteiger partial charge in [-0.1, -0.05) is 15.9 Å². The lowest BCUT2D eigenvalue weighted by Crippen LogP contribution is -2.32. The molecular formula is C15H21BrN2O2. The van der Waals surface area contributed by atoms with E-state index in [1.54, 1.807) is 12.1 Å². The summed E-state index contributed by atoms with van der Waals surface area (Å²) in [6.07, 6.45) is 3.46. The summed E-state index contributed by atoms with van der Waals surface area (Å²) in [5, 5.41) is 12.5. The summed E-state index contributed by atoms with van der Waals surface area (Å²) in [7, 11) is 0. The molecule has 0 unspecified atom stereocenters. The van der Waals surface area contributed by atoms with Crippen LogP contribution < -0.4 is 11.1 Å². The Kier molecular flexibility index (Phi) is 5.05. The van der Waals surface area contributed by atoms with Gasteiger partial charge in [0.25, 0.3) is 5.91 Å². The number of nitrogens with one attached hydrogen (secondary N) is 1. The van der Waals surface area contributed by atoms with Crippen molar-refractivity contribution in [1.29, 1.82) is 0 Å². The van der Waals surface area contributed by atoms with Crippen molar-refractivity contribution in [3.8, 4) is 0 Å². The Morgan fingerprint density at radius 1 is 1.40 bits per heavy atom. The van der Waals surface area contributed by atoms with Gasteiger partial charge >= 0.3 is 0 Å². The molecule has 1 fully saturated rings. The van der Waals surface area contributed by atoms with Gasteiger partial charge in [0, 0.05) is 22.3 Å². The van der Waals surface area contributed by atoms with E-state index in [9.17, 15) is 9.90 Å². The molecule has 4 N–H and O–H groups in total. The summed E-state index contributed by atoms with van der Waals surface area (Å²) < 4.78 is 0.812. The van der Waals surface area contributed by atoms with Gasteiger partial charge in [-0.05, 0) is 56.2 Å². The van der Waals surface area contributed by atoms with Crippen LogP contribution in [0.15, 0.2) is 16.6 Å². The lowest BCUT2D eigenvalue weighted by atomic mass is 9.87. The summed E-state index contributed by atoms with van der Waals surface area (Å²) in [6.45, 7) is 2.52. The molecule has 0 bridgehead atoms. The molecule has 0 aliphatic heterocycles. The first kappa shape index (κ1) is 15.3. The van der Waals surface area contributed by atoms with Gasteiger partial charge in [-0.2, -0.15) is 0 Å². The van der Waals surface area contributed by atoms with Crippen LogP contribution in [0.25, 0.3) is 0 Å². The van der Waals surface area contributed by atoms with E-state index in [0.29, 0.717) is 23.7 Å². The minimum absolute atomic E-state index is 0.0818. The van der Waals surface area contributed by atoms with E-state index in [-0.39, 0.29) is 12.0 Å². The zero-order valence-electron chi connectivity index (χ0n) is 11.7. The highest BCUT2D eigenvalue weighted by Gasteiger charge is 2.20. The van der Waals surface area contributed by atoms with Crippen LogP contribution in [0.3, 0.4) is 0 Å². The number of nitrogen functional groups attached to an aromatic ring is 1. The number of rotatable bonds is 3. The maximum absolute atomic E-state index is 12.2. The number of halogens is 1. The lowest BCUT2D eigenvalue weighted by Gasteiger charge is -2.25. The van der Waals surface area contributed by atoms with Crippen LogP contribution in [0.1, 0.15) is 41.6 Å². The first-order valence-corrected chi connectivity index (χ1v) is 7.78. The molecule has 2 rings (SSSR count). The van der Waals surface area contributed by atoms with Gasteiger partial charge in [0.05, 0.1) is 6.10 Å². The molecule has 1 aromatic carbocycles. The highest BCUT2D eigenvalue weighted by atomic mass is 79.9. The SMILES string of the molecule is Cc1c(N)cc(Br)cc1C(=O)NCC1CCC(O)CC1. The van der Waals surface area contributed by atoms with Crippen molar-refractivity contribution in [2.45, 2.75) is 38.7 Å². The number of amides is 1. The quantitative estimate of drug-likeness (QED) is 0.740. The van der Waals surface area contributed by atoms with Crippen LogP contribution in [0, 0.1) is 12.8 Å². The Hall–Kier alpha value is -1.07. The monoisotopic (exact) mass is 340 g/mol. The van der Waals surface area contributed by atoms with Crippen LogP contribution in [0.4, 0.5) is 5.69 Å². The van der Waals surface area contributed by atoms with E-state index in [4.69, 9.17) is 5.73 Å². The number of anilines is 1. The normalized spacial score (nSPS) is 22.6. The molecule has 1 saturated carbocycles. The molecular weight excluding hydrogens is 320 g/mol. The zero-order chi connectivity index (χ0) is 14.7. The van der Waals surface area contributed by atoms with Gasteiger partial charge < -0.3 is 16.2 Å². The van der Waals surface area contributed by atoms with Crippen molar-refractivity contribution >= 4 is 27.5 Å². The second kappa shape index (κ2) is 6.59. The fraction of sp³-hybridized carbons (Fsp3) is 0.533. The van der Waals surface area contributed by atoms with E-state index in [2.05, 4.69) is 21.2 Å². The first-order chi connectivity index (χ1) is 9.47. The van der Waals surface area contributed by atoms with Crippen LogP contribution in [0.2, 0.25) is 0 Å². The standard InChI is InChI=1S/C15H21BrN2O2/c1-9-13(6-11(16)7-14(9)17)15(20)18-8-10-2-4-12(19)5-3-10/h6-7,10,12,19H,2-5,8,17H2,1H3,(H,18,20). The molecule has 0 radical (unpaired) electrons. The van der Waals surface area contributed by atoms with E-state index < -0.39 is 0 Å². The maximum Gasteiger partial charge on any atom is 0.251 e. The number of nitrogens with two attached hydrogens (primary N) is 1. The molecule has 0 aromatic heterocycles. The topological polar surface area (TPSA) is 75.4 Å². The van der Waals surface area contributed by atoms with Crippen LogP contribution in [-0.2, 0) is 0 Å². The highest BCUT2D eigenvalue weighted by Crippen LogP contribution is 2.25. The van der Waals surface area contributed by atoms with Gasteiger partial charge in [-0.3, -0.25) is 4.79 Å². The zero-order valence-corrected chi connectivity index (χ0v) is 13.2. The van der Waals surface area contributed by atoms with Crippen molar-refractivity contribution in [2.24, 2.45) is 5.92 Å². The summed E-state index contributed by atoms with van der Waals surface area (Å²) in [5.41, 5.74) is 7.92. The summed E-state index contributed by atoms with van der Waals surface area (Å²) in [6, 6.07) is 3.60. The van der Waals surface area contributed by atoms with E-state index in [1.807, 2.05) is 6.92 Å². The number of hydrogen-bond acceptors (Lipinski definition) is 3. The third-order valence-electron chi connectivity index (χ3n) is 4.02. The fourth-order valence-electron chi connectivity index (χ4n) is 2.62. The van der Waals surface area contributed by atoms with E-state index in [0.717, 1.165) is 35.7 Å². The van der Waals surface area contributed by atoms with E-state index >= 15 is 0 Å². The first-order valence-electron chi connectivity index (χ1n) is 6.99. The average Bonchev–Trinajstić information content (AvgIpc) is 2.42. The van der Waals surface area contributed by atoms with Crippen LogP contribution in [-0.4, -0.2) is 23.7 Å². The predicted octanol–water partition coefficient (Wildman–Crippen LogP) is 2.62. The summed E-state index contributed by atoms with van der Waals surface area (Å²) in [5.74, 6) is 0.383. The van der Waals surface area contributed by atoms with Crippen molar-refractivity contribution in [1.82, 2.24) is 5.32 Å². The number of carbonyl (C=O) groups is 1. The number of hydrogen-bond donors (Lipinski definition) is 3. The minimum atomic E-state index is -0.158. The average molecular weight is 341 g/mol. The third kappa shape index (κ3) is 3.73. The summed E-state index contributed by atoms with van der Waals surface area (Å²) in [4.78, 5) is 12.2. The fourth-order valence-corrected chi connectivity index (χ4v) is 3.09. The molecule has 1 amide bonds. The molecule has 0 saturated heterocycles. The molecule has 5 heteroatoms. The number of aliphatic hydroxyl groups excluding tert-OH is 1. The van der Waals surface area contributed by atoms with Gasteiger partial charge in [0.1, 0.15) is 0 Å². The Morgan fingerprint density at radius 2 is 2.05 bits per heavy atom. The second-order valence-electron chi connectivity index (χ2n) is 5.55. The molecule has 1 aromatic rings. The molecule has 0 spiro atoms. The van der Waals surface area contributed by atoms with Gasteiger partial charge in [0.15, 0.2) is 0 Å². The van der Waals surface area contributed by atoms with Crippen LogP contribution >= 0.6 is 15.9 Å². The van der Waals surface area contributed by atoms with Gasteiger partial charge in [0.2, 0.25) is 0 Å². The van der Waals surface area contributed by atoms with Gasteiger partial charge in [-0.25, -0.2) is 0 Å². The molecule has 20 heavy (non-hydrogen) atoms. The summed E-state index contributed by atoms with van der Waals surface area (Å²) >= 11 is 3.36. The number of benzene rings is 1. The smallest absolute Gasteiger partial charge is 0.251 e. The molecule has 110 valence electrons. The second-order valence-corrected chi connectivity index (χ2v) is 6.47. The largest absolute Gasteiger partial charge is 0.398 e. The Labute approximate surface area is 127 Å². The third-order valence-corrected chi connectivity index (χ3v) is 4.48. The Balaban J connectivity index is 1.95. The minimum Gasteiger partial charge on any atom is -0.398 e. The van der Waals surface area contributed by atoms with E-state index in [1.165, 1.54) is 0 Å². The van der Waals surface area contributed by atoms with Crippen LogP contribution in [0.5, 0.6) is 0 Å². The predicted molar refractivity (Wildman–Crippen MR) is 83.6 cm³/mol. The molecule has 4 nitrogen and oxygen atoms in total. The lowest BCUT2D eigenvalue weighted by molar-refractivity contribution is 0.0909. The number of aliphatic hydroxyl groups is 1. The highest BCUT2D eigenvalue weighted by molar-refractivity contribution is 9.10. The molecule has 0 atom stereocenters. The Bertz CT molecular complexity index is 497. The van der Waals surface area contributed by atoms with Crippen molar-refractivity contribution < 1.29 is 9.90 Å². The van der Waals surface area contributed by atoms with Crippen molar-refractivity contribution in [2.75, 3.05) is 12.3 Å². The maximum atomic E-state index is 12.2. The Morgan fingerprint density at radius 3 is 2.70 bits per heavy atom.